The van der Waals surface area contributed by atoms with E-state index in [4.69, 9.17) is 23.4 Å². The van der Waals surface area contributed by atoms with Crippen LogP contribution in [0.15, 0.2) is 69.9 Å². The van der Waals surface area contributed by atoms with Crippen LogP contribution in [-0.4, -0.2) is 44.6 Å². The molecule has 2 aromatic carbocycles. The molecule has 1 aliphatic carbocycles. The maximum atomic E-state index is 12.9. The standard InChI is InChI=1S/C26H20O7/c27-15-5-7-21-23(9-15)33-24-10-16(29-11-17-12-30-17)6-8-22(24)25(21)19-3-1-2-4-20(19)26(28)32-14-18-13-31-18/h1-10,17-18H,11-14H2. The number of carbonyl (C=O) groups is 1. The molecular formula is C26H20O7. The predicted octanol–water partition coefficient (Wildman–Crippen LogP) is 3.90. The van der Waals surface area contributed by atoms with Gasteiger partial charge in [0.2, 0.25) is 0 Å². The van der Waals surface area contributed by atoms with Crippen molar-refractivity contribution in [3.63, 3.8) is 0 Å². The maximum absolute atomic E-state index is 12.9. The molecule has 2 aromatic rings. The van der Waals surface area contributed by atoms with Gasteiger partial charge in [0.05, 0.1) is 18.8 Å². The number of rotatable bonds is 7. The molecule has 0 radical (unpaired) electrons. The van der Waals surface area contributed by atoms with Gasteiger partial charge in [-0.1, -0.05) is 18.2 Å². The molecule has 166 valence electrons. The molecular weight excluding hydrogens is 424 g/mol. The van der Waals surface area contributed by atoms with E-state index in [-0.39, 0.29) is 24.2 Å². The zero-order chi connectivity index (χ0) is 22.4. The second-order valence-corrected chi connectivity index (χ2v) is 8.16. The highest BCUT2D eigenvalue weighted by molar-refractivity contribution is 6.07. The number of benzene rings is 3. The summed E-state index contributed by atoms with van der Waals surface area (Å²) in [6.07, 6.45) is 0.111. The van der Waals surface area contributed by atoms with E-state index >= 15 is 0 Å². The number of esters is 1. The van der Waals surface area contributed by atoms with Crippen LogP contribution in [0.4, 0.5) is 0 Å². The molecule has 0 amide bonds. The van der Waals surface area contributed by atoms with Gasteiger partial charge in [0, 0.05) is 28.6 Å². The van der Waals surface area contributed by atoms with Crippen molar-refractivity contribution in [2.45, 2.75) is 12.2 Å². The number of hydrogen-bond donors (Lipinski definition) is 0. The van der Waals surface area contributed by atoms with Crippen molar-refractivity contribution in [1.29, 1.82) is 0 Å². The lowest BCUT2D eigenvalue weighted by Gasteiger charge is -2.17. The zero-order valence-electron chi connectivity index (χ0n) is 17.6. The SMILES string of the molecule is O=C(OCC1CO1)c1ccccc1-c1c2ccc(=O)cc-2oc2cc(OCC3CO3)ccc12. The number of fused-ring (bicyclic) bond motifs is 2. The molecule has 2 unspecified atom stereocenters. The second-order valence-electron chi connectivity index (χ2n) is 8.16. The van der Waals surface area contributed by atoms with Gasteiger partial charge in [0.1, 0.15) is 42.5 Å². The fraction of sp³-hybridized carbons (Fsp3) is 0.231. The van der Waals surface area contributed by atoms with E-state index in [1.54, 1.807) is 24.3 Å². The van der Waals surface area contributed by atoms with Crippen LogP contribution in [0.1, 0.15) is 10.4 Å². The van der Waals surface area contributed by atoms with Crippen LogP contribution >= 0.6 is 0 Å². The minimum absolute atomic E-state index is 0.0202. The van der Waals surface area contributed by atoms with Crippen molar-refractivity contribution in [3.8, 4) is 28.2 Å². The van der Waals surface area contributed by atoms with Crippen molar-refractivity contribution in [3.05, 3.63) is 76.5 Å². The van der Waals surface area contributed by atoms with Crippen LogP contribution in [0.25, 0.3) is 33.4 Å². The number of carbonyl (C=O) groups excluding carboxylic acids is 1. The van der Waals surface area contributed by atoms with Gasteiger partial charge in [-0.15, -0.1) is 0 Å². The average molecular weight is 444 g/mol. The summed E-state index contributed by atoms with van der Waals surface area (Å²) in [5.74, 6) is 0.651. The van der Waals surface area contributed by atoms with Crippen LogP contribution in [-0.2, 0) is 14.2 Å². The van der Waals surface area contributed by atoms with Crippen molar-refractivity contribution in [2.24, 2.45) is 0 Å². The Morgan fingerprint density at radius 3 is 2.52 bits per heavy atom. The largest absolute Gasteiger partial charge is 0.491 e. The fourth-order valence-electron chi connectivity index (χ4n) is 3.87. The molecule has 2 atom stereocenters. The Kier molecular flexibility index (Phi) is 4.86. The lowest BCUT2D eigenvalue weighted by Crippen LogP contribution is -2.11. The molecule has 33 heavy (non-hydrogen) atoms. The van der Waals surface area contributed by atoms with Crippen LogP contribution < -0.4 is 10.2 Å². The summed E-state index contributed by atoms with van der Waals surface area (Å²) in [6.45, 7) is 2.01. The average Bonchev–Trinajstić information content (AvgIpc) is 3.75. The van der Waals surface area contributed by atoms with E-state index in [2.05, 4.69) is 0 Å². The summed E-state index contributed by atoms with van der Waals surface area (Å²) in [5, 5.41) is 0.793. The van der Waals surface area contributed by atoms with E-state index in [0.717, 1.165) is 16.5 Å². The van der Waals surface area contributed by atoms with Crippen LogP contribution in [0.3, 0.4) is 0 Å². The lowest BCUT2D eigenvalue weighted by molar-refractivity contribution is 0.0477. The smallest absolute Gasteiger partial charge is 0.338 e. The summed E-state index contributed by atoms with van der Waals surface area (Å²) < 4.78 is 27.7. The Morgan fingerprint density at radius 1 is 0.909 bits per heavy atom. The normalized spacial score (nSPS) is 18.9. The number of ether oxygens (including phenoxy) is 4. The predicted molar refractivity (Wildman–Crippen MR) is 120 cm³/mol. The van der Waals surface area contributed by atoms with Crippen LogP contribution in [0.5, 0.6) is 5.75 Å². The first-order chi connectivity index (χ1) is 16.2. The summed E-state index contributed by atoms with van der Waals surface area (Å²) in [4.78, 5) is 25.0. The van der Waals surface area contributed by atoms with Crippen molar-refractivity contribution < 1.29 is 28.2 Å². The molecule has 4 aliphatic rings. The molecule has 2 fully saturated rings. The zero-order valence-corrected chi connectivity index (χ0v) is 17.6. The molecule has 6 rings (SSSR count). The summed E-state index contributed by atoms with van der Waals surface area (Å²) >= 11 is 0. The van der Waals surface area contributed by atoms with Crippen LogP contribution in [0.2, 0.25) is 0 Å². The Bertz CT molecular complexity index is 1380. The van der Waals surface area contributed by atoms with E-state index in [9.17, 15) is 9.59 Å². The summed E-state index contributed by atoms with van der Waals surface area (Å²) in [5.41, 5.74) is 3.04. The molecule has 7 heteroatoms. The van der Waals surface area contributed by atoms with Gasteiger partial charge >= 0.3 is 5.97 Å². The molecule has 0 saturated carbocycles. The Hall–Kier alpha value is -3.68. The molecule has 0 spiro atoms. The first kappa shape index (κ1) is 20.0. The first-order valence-corrected chi connectivity index (χ1v) is 10.8. The van der Waals surface area contributed by atoms with E-state index < -0.39 is 5.97 Å². The van der Waals surface area contributed by atoms with Gasteiger partial charge in [-0.2, -0.15) is 0 Å². The number of hydrogen-bond acceptors (Lipinski definition) is 7. The topological polar surface area (TPSA) is 90.8 Å². The highest BCUT2D eigenvalue weighted by Crippen LogP contribution is 2.42. The Balaban J connectivity index is 1.50. The van der Waals surface area contributed by atoms with Gasteiger partial charge in [0.25, 0.3) is 0 Å². The van der Waals surface area contributed by atoms with Gasteiger partial charge in [-0.25, -0.2) is 4.79 Å². The van der Waals surface area contributed by atoms with Gasteiger partial charge in [0.15, 0.2) is 5.43 Å². The molecule has 0 aromatic heterocycles. The van der Waals surface area contributed by atoms with Gasteiger partial charge in [-0.05, 0) is 35.9 Å². The van der Waals surface area contributed by atoms with E-state index in [0.29, 0.717) is 48.0 Å². The molecule has 3 heterocycles. The molecule has 0 bridgehead atoms. The third-order valence-corrected chi connectivity index (χ3v) is 5.72. The molecule has 3 aliphatic heterocycles. The minimum atomic E-state index is -0.423. The third-order valence-electron chi connectivity index (χ3n) is 5.72. The Labute approximate surface area is 188 Å². The monoisotopic (exact) mass is 444 g/mol. The van der Waals surface area contributed by atoms with Crippen molar-refractivity contribution in [2.75, 3.05) is 26.4 Å². The highest BCUT2D eigenvalue weighted by atomic mass is 16.6. The van der Waals surface area contributed by atoms with E-state index in [1.165, 1.54) is 12.1 Å². The van der Waals surface area contributed by atoms with Crippen LogP contribution in [0, 0.1) is 0 Å². The lowest BCUT2D eigenvalue weighted by atomic mass is 9.91. The first-order valence-electron chi connectivity index (χ1n) is 10.8. The summed E-state index contributed by atoms with van der Waals surface area (Å²) in [6, 6.07) is 17.5. The second kappa shape index (κ2) is 8.03. The van der Waals surface area contributed by atoms with Crippen molar-refractivity contribution >= 4 is 16.9 Å². The van der Waals surface area contributed by atoms with Gasteiger partial charge < -0.3 is 23.4 Å². The highest BCUT2D eigenvalue weighted by Gasteiger charge is 2.27. The fourth-order valence-corrected chi connectivity index (χ4v) is 3.87. The Morgan fingerprint density at radius 2 is 1.70 bits per heavy atom. The maximum Gasteiger partial charge on any atom is 0.338 e. The van der Waals surface area contributed by atoms with Gasteiger partial charge in [-0.3, -0.25) is 4.79 Å². The summed E-state index contributed by atoms with van der Waals surface area (Å²) in [7, 11) is 0. The molecule has 0 N–H and O–H groups in total. The van der Waals surface area contributed by atoms with Crippen molar-refractivity contribution in [1.82, 2.24) is 0 Å². The third kappa shape index (κ3) is 4.08. The van der Waals surface area contributed by atoms with E-state index in [1.807, 2.05) is 24.3 Å². The molecule has 2 saturated heterocycles. The number of epoxide rings is 2. The molecule has 7 nitrogen and oxygen atoms in total. The minimum Gasteiger partial charge on any atom is -0.491 e. The quantitative estimate of drug-likeness (QED) is 0.243.